The van der Waals surface area contributed by atoms with Crippen molar-refractivity contribution in [3.05, 3.63) is 47.7 Å². The van der Waals surface area contributed by atoms with Crippen LogP contribution in [0.5, 0.6) is 0 Å². The Morgan fingerprint density at radius 3 is 2.57 bits per heavy atom. The van der Waals surface area contributed by atoms with Crippen LogP contribution in [0.25, 0.3) is 0 Å². The van der Waals surface area contributed by atoms with Gasteiger partial charge in [-0.2, -0.15) is 13.2 Å². The Morgan fingerprint density at radius 1 is 1.17 bits per heavy atom. The van der Waals surface area contributed by atoms with E-state index in [4.69, 9.17) is 0 Å². The summed E-state index contributed by atoms with van der Waals surface area (Å²) in [6.45, 7) is 2.72. The maximum absolute atomic E-state index is 12.6. The highest BCUT2D eigenvalue weighted by atomic mass is 19.4. The summed E-state index contributed by atoms with van der Waals surface area (Å²) in [5.74, 6) is -0.0960. The van der Waals surface area contributed by atoms with Gasteiger partial charge >= 0.3 is 6.18 Å². The van der Waals surface area contributed by atoms with Crippen LogP contribution in [0.1, 0.15) is 29.4 Å². The number of benzene rings is 1. The molecule has 2 N–H and O–H groups in total. The highest BCUT2D eigenvalue weighted by Gasteiger charge is 2.30. The van der Waals surface area contributed by atoms with Crippen LogP contribution in [0.15, 0.2) is 36.4 Å². The Balaban J connectivity index is 2.07. The topological polar surface area (TPSA) is 66.9 Å². The lowest BCUT2D eigenvalue weighted by Gasteiger charge is -2.09. The van der Waals surface area contributed by atoms with Gasteiger partial charge in [-0.15, -0.1) is 10.2 Å². The second kappa shape index (κ2) is 7.08. The Bertz CT molecular complexity index is 671. The lowest BCUT2D eigenvalue weighted by atomic mass is 10.2. The van der Waals surface area contributed by atoms with Gasteiger partial charge in [-0.25, -0.2) is 0 Å². The fourth-order valence-electron chi connectivity index (χ4n) is 1.77. The van der Waals surface area contributed by atoms with Gasteiger partial charge in [-0.1, -0.05) is 13.0 Å². The normalized spacial score (nSPS) is 11.1. The van der Waals surface area contributed by atoms with Crippen LogP contribution < -0.4 is 10.6 Å². The van der Waals surface area contributed by atoms with Crippen LogP contribution in [-0.2, 0) is 6.18 Å². The largest absolute Gasteiger partial charge is 0.416 e. The molecule has 8 heteroatoms. The van der Waals surface area contributed by atoms with Crippen LogP contribution in [0.3, 0.4) is 0 Å². The van der Waals surface area contributed by atoms with Crippen molar-refractivity contribution in [2.24, 2.45) is 0 Å². The van der Waals surface area contributed by atoms with Crippen molar-refractivity contribution in [1.29, 1.82) is 0 Å². The number of nitrogens with zero attached hydrogens (tertiary/aromatic N) is 2. The fraction of sp³-hybridized carbons (Fsp3) is 0.267. The average Bonchev–Trinajstić information content (AvgIpc) is 2.53. The van der Waals surface area contributed by atoms with Crippen LogP contribution >= 0.6 is 0 Å². The number of aromatic nitrogens is 2. The van der Waals surface area contributed by atoms with Crippen LogP contribution in [-0.4, -0.2) is 22.6 Å². The van der Waals surface area contributed by atoms with Gasteiger partial charge in [-0.05, 0) is 36.8 Å². The maximum atomic E-state index is 12.6. The average molecular weight is 324 g/mol. The molecule has 1 heterocycles. The number of anilines is 2. The summed E-state index contributed by atoms with van der Waals surface area (Å²) >= 11 is 0. The van der Waals surface area contributed by atoms with Crippen molar-refractivity contribution in [1.82, 2.24) is 10.2 Å². The van der Waals surface area contributed by atoms with Crippen molar-refractivity contribution in [3.63, 3.8) is 0 Å². The molecule has 0 aliphatic heterocycles. The first kappa shape index (κ1) is 16.7. The Labute approximate surface area is 130 Å². The molecule has 0 bridgehead atoms. The Kier molecular flexibility index (Phi) is 5.15. The summed E-state index contributed by atoms with van der Waals surface area (Å²) in [7, 11) is 0. The summed E-state index contributed by atoms with van der Waals surface area (Å²) < 4.78 is 37.9. The van der Waals surface area contributed by atoms with E-state index in [0.717, 1.165) is 25.1 Å². The van der Waals surface area contributed by atoms with Crippen molar-refractivity contribution >= 4 is 17.4 Å². The standard InChI is InChI=1S/C15H15F3N4O/c1-2-8-19-13-7-6-12(21-22-13)14(23)20-11-5-3-4-10(9-11)15(16,17)18/h3-7,9H,2,8H2,1H3,(H,19,22)(H,20,23). The van der Waals surface area contributed by atoms with Gasteiger partial charge in [0, 0.05) is 12.2 Å². The highest BCUT2D eigenvalue weighted by molar-refractivity contribution is 6.02. The molecule has 0 saturated carbocycles. The summed E-state index contributed by atoms with van der Waals surface area (Å²) in [5.41, 5.74) is -0.773. The van der Waals surface area contributed by atoms with E-state index >= 15 is 0 Å². The second-order valence-electron chi connectivity index (χ2n) is 4.76. The summed E-state index contributed by atoms with van der Waals surface area (Å²) in [4.78, 5) is 12.0. The van der Waals surface area contributed by atoms with E-state index in [1.165, 1.54) is 18.2 Å². The quantitative estimate of drug-likeness (QED) is 0.882. The maximum Gasteiger partial charge on any atom is 0.416 e. The predicted octanol–water partition coefficient (Wildman–Crippen LogP) is 3.57. The third-order valence-electron chi connectivity index (χ3n) is 2.90. The minimum absolute atomic E-state index is 0.0180. The number of rotatable bonds is 5. The van der Waals surface area contributed by atoms with E-state index < -0.39 is 17.6 Å². The number of carbonyl (C=O) groups is 1. The van der Waals surface area contributed by atoms with E-state index in [-0.39, 0.29) is 11.4 Å². The lowest BCUT2D eigenvalue weighted by Crippen LogP contribution is -2.15. The summed E-state index contributed by atoms with van der Waals surface area (Å²) in [6, 6.07) is 7.43. The van der Waals surface area contributed by atoms with Gasteiger partial charge in [-0.3, -0.25) is 4.79 Å². The molecule has 122 valence electrons. The van der Waals surface area contributed by atoms with Crippen molar-refractivity contribution in [2.45, 2.75) is 19.5 Å². The molecule has 1 amide bonds. The van der Waals surface area contributed by atoms with Gasteiger partial charge in [0.2, 0.25) is 0 Å². The smallest absolute Gasteiger partial charge is 0.369 e. The molecule has 0 unspecified atom stereocenters. The zero-order valence-electron chi connectivity index (χ0n) is 12.3. The van der Waals surface area contributed by atoms with Gasteiger partial charge in [0.15, 0.2) is 5.69 Å². The van der Waals surface area contributed by atoms with Gasteiger partial charge in [0.25, 0.3) is 5.91 Å². The molecular formula is C15H15F3N4O. The van der Waals surface area contributed by atoms with Gasteiger partial charge in [0.05, 0.1) is 5.56 Å². The molecule has 23 heavy (non-hydrogen) atoms. The molecule has 1 aromatic carbocycles. The molecule has 5 nitrogen and oxygen atoms in total. The first-order chi connectivity index (χ1) is 10.9. The molecule has 0 aliphatic carbocycles. The zero-order chi connectivity index (χ0) is 16.9. The number of amides is 1. The number of hydrogen-bond donors (Lipinski definition) is 2. The molecule has 2 aromatic rings. The first-order valence-electron chi connectivity index (χ1n) is 6.96. The molecule has 2 rings (SSSR count). The van der Waals surface area contributed by atoms with E-state index in [0.29, 0.717) is 5.82 Å². The number of nitrogens with one attached hydrogen (secondary N) is 2. The highest BCUT2D eigenvalue weighted by Crippen LogP contribution is 2.30. The minimum atomic E-state index is -4.47. The summed E-state index contributed by atoms with van der Waals surface area (Å²) in [6.07, 6.45) is -3.55. The Morgan fingerprint density at radius 2 is 1.96 bits per heavy atom. The molecular weight excluding hydrogens is 309 g/mol. The SMILES string of the molecule is CCCNc1ccc(C(=O)Nc2cccc(C(F)(F)F)c2)nn1. The predicted molar refractivity (Wildman–Crippen MR) is 80.2 cm³/mol. The third kappa shape index (κ3) is 4.67. The van der Waals surface area contributed by atoms with Crippen molar-refractivity contribution in [3.8, 4) is 0 Å². The third-order valence-corrected chi connectivity index (χ3v) is 2.90. The second-order valence-corrected chi connectivity index (χ2v) is 4.76. The summed E-state index contributed by atoms with van der Waals surface area (Å²) in [5, 5.41) is 13.0. The van der Waals surface area contributed by atoms with E-state index in [1.54, 1.807) is 6.07 Å². The molecule has 0 fully saturated rings. The molecule has 1 aromatic heterocycles. The molecule has 0 spiro atoms. The van der Waals surface area contributed by atoms with Crippen LogP contribution in [0.4, 0.5) is 24.7 Å². The fourth-order valence-corrected chi connectivity index (χ4v) is 1.77. The monoisotopic (exact) mass is 324 g/mol. The van der Waals surface area contributed by atoms with Gasteiger partial charge in [0.1, 0.15) is 5.82 Å². The van der Waals surface area contributed by atoms with Crippen molar-refractivity contribution < 1.29 is 18.0 Å². The molecule has 0 radical (unpaired) electrons. The lowest BCUT2D eigenvalue weighted by molar-refractivity contribution is -0.137. The minimum Gasteiger partial charge on any atom is -0.369 e. The number of alkyl halides is 3. The number of hydrogen-bond acceptors (Lipinski definition) is 4. The van der Waals surface area contributed by atoms with E-state index in [9.17, 15) is 18.0 Å². The number of halogens is 3. The van der Waals surface area contributed by atoms with Crippen LogP contribution in [0.2, 0.25) is 0 Å². The zero-order valence-corrected chi connectivity index (χ0v) is 12.3. The Hall–Kier alpha value is -2.64. The van der Waals surface area contributed by atoms with E-state index in [2.05, 4.69) is 20.8 Å². The molecule has 0 atom stereocenters. The molecule has 0 aliphatic rings. The van der Waals surface area contributed by atoms with Gasteiger partial charge < -0.3 is 10.6 Å². The van der Waals surface area contributed by atoms with Crippen molar-refractivity contribution in [2.75, 3.05) is 17.2 Å². The number of carbonyl (C=O) groups excluding carboxylic acids is 1. The molecule has 0 saturated heterocycles. The first-order valence-corrected chi connectivity index (χ1v) is 6.96. The van der Waals surface area contributed by atoms with E-state index in [1.807, 2.05) is 6.92 Å². The van der Waals surface area contributed by atoms with Crippen LogP contribution in [0, 0.1) is 0 Å².